The van der Waals surface area contributed by atoms with Gasteiger partial charge in [0.15, 0.2) is 12.2 Å². The summed E-state index contributed by atoms with van der Waals surface area (Å²) in [6.07, 6.45) is 1.62. The predicted molar refractivity (Wildman–Crippen MR) is 90.3 cm³/mol. The molecular formula is C19H13NO5. The summed E-state index contributed by atoms with van der Waals surface area (Å²) in [7, 11) is 0. The molecule has 0 aliphatic rings. The van der Waals surface area contributed by atoms with Gasteiger partial charge in [-0.05, 0) is 48.5 Å². The molecule has 0 saturated heterocycles. The van der Waals surface area contributed by atoms with Crippen molar-refractivity contribution in [1.29, 1.82) is 0 Å². The van der Waals surface area contributed by atoms with E-state index >= 15 is 0 Å². The fraction of sp³-hybridized carbons (Fsp3) is 0.0526. The number of benzene rings is 2. The lowest BCUT2D eigenvalue weighted by Gasteiger charge is -2.03. The predicted octanol–water partition coefficient (Wildman–Crippen LogP) is 4.22. The highest BCUT2D eigenvalue weighted by Crippen LogP contribution is 2.30. The van der Waals surface area contributed by atoms with Gasteiger partial charge < -0.3 is 18.7 Å². The zero-order chi connectivity index (χ0) is 17.2. The van der Waals surface area contributed by atoms with Crippen LogP contribution in [0.1, 0.15) is 0 Å². The van der Waals surface area contributed by atoms with E-state index in [9.17, 15) is 4.79 Å². The lowest BCUT2D eigenvalue weighted by atomic mass is 10.1. The molecule has 4 rings (SSSR count). The number of rotatable bonds is 5. The van der Waals surface area contributed by atoms with E-state index < -0.39 is 12.6 Å². The molecule has 0 atom stereocenters. The molecule has 0 bridgehead atoms. The van der Waals surface area contributed by atoms with E-state index in [-0.39, 0.29) is 0 Å². The van der Waals surface area contributed by atoms with Crippen molar-refractivity contribution in [3.8, 4) is 28.5 Å². The molecule has 0 aliphatic heterocycles. The van der Waals surface area contributed by atoms with E-state index in [0.717, 1.165) is 16.8 Å². The molecular weight excluding hydrogens is 322 g/mol. The first-order valence-electron chi connectivity index (χ1n) is 7.58. The standard InChI is InChI=1S/C19H13NO5/c21-18(22)11-24-14-4-1-3-13(9-14)19-20-15-7-6-12(10-17(15)25-19)16-5-2-8-23-16/h1-10H,11H2,(H,21,22). The molecule has 0 spiro atoms. The van der Waals surface area contributed by atoms with Crippen molar-refractivity contribution < 1.29 is 23.5 Å². The van der Waals surface area contributed by atoms with Gasteiger partial charge in [0.2, 0.25) is 5.89 Å². The van der Waals surface area contributed by atoms with Crippen LogP contribution in [0.5, 0.6) is 5.75 Å². The number of furan rings is 1. The Kier molecular flexibility index (Phi) is 3.70. The Morgan fingerprint density at radius 3 is 2.80 bits per heavy atom. The Morgan fingerprint density at radius 1 is 1.08 bits per heavy atom. The summed E-state index contributed by atoms with van der Waals surface area (Å²) in [6, 6.07) is 16.3. The van der Waals surface area contributed by atoms with Crippen LogP contribution < -0.4 is 4.74 Å². The SMILES string of the molecule is O=C(O)COc1cccc(-c2nc3ccc(-c4ccco4)cc3o2)c1. The Morgan fingerprint density at radius 2 is 2.00 bits per heavy atom. The number of fused-ring (bicyclic) bond motifs is 1. The summed E-state index contributed by atoms with van der Waals surface area (Å²) in [5.41, 5.74) is 2.97. The molecule has 2 aromatic carbocycles. The van der Waals surface area contributed by atoms with Crippen LogP contribution in [0.15, 0.2) is 69.7 Å². The van der Waals surface area contributed by atoms with E-state index in [1.807, 2.05) is 36.4 Å². The van der Waals surface area contributed by atoms with Crippen LogP contribution in [-0.4, -0.2) is 22.7 Å². The van der Waals surface area contributed by atoms with Gasteiger partial charge in [0, 0.05) is 11.1 Å². The van der Waals surface area contributed by atoms with Crippen LogP contribution in [0.25, 0.3) is 33.9 Å². The monoisotopic (exact) mass is 335 g/mol. The molecule has 124 valence electrons. The van der Waals surface area contributed by atoms with Gasteiger partial charge >= 0.3 is 5.97 Å². The third-order valence-corrected chi connectivity index (χ3v) is 3.64. The van der Waals surface area contributed by atoms with Crippen LogP contribution in [0, 0.1) is 0 Å². The average molecular weight is 335 g/mol. The first-order chi connectivity index (χ1) is 12.2. The van der Waals surface area contributed by atoms with E-state index in [2.05, 4.69) is 4.98 Å². The number of carbonyl (C=O) groups is 1. The number of carboxylic acids is 1. The smallest absolute Gasteiger partial charge is 0.341 e. The lowest BCUT2D eigenvalue weighted by Crippen LogP contribution is -2.09. The van der Waals surface area contributed by atoms with Gasteiger partial charge in [0.25, 0.3) is 0 Å². The summed E-state index contributed by atoms with van der Waals surface area (Å²) >= 11 is 0. The number of aliphatic carboxylic acids is 1. The molecule has 25 heavy (non-hydrogen) atoms. The van der Waals surface area contributed by atoms with Gasteiger partial charge in [-0.15, -0.1) is 0 Å². The minimum absolute atomic E-state index is 0.399. The van der Waals surface area contributed by atoms with Gasteiger partial charge in [0.05, 0.1) is 6.26 Å². The van der Waals surface area contributed by atoms with Crippen molar-refractivity contribution in [2.24, 2.45) is 0 Å². The first-order valence-corrected chi connectivity index (χ1v) is 7.58. The van der Waals surface area contributed by atoms with Crippen LogP contribution in [-0.2, 0) is 4.79 Å². The second kappa shape index (κ2) is 6.16. The van der Waals surface area contributed by atoms with Crippen molar-refractivity contribution in [2.45, 2.75) is 0 Å². The first kappa shape index (κ1) is 15.0. The summed E-state index contributed by atoms with van der Waals surface area (Å²) < 4.78 is 16.4. The molecule has 0 unspecified atom stereocenters. The Labute approximate surface area is 142 Å². The Hall–Kier alpha value is -3.54. The van der Waals surface area contributed by atoms with Crippen molar-refractivity contribution in [3.63, 3.8) is 0 Å². The second-order valence-corrected chi connectivity index (χ2v) is 5.39. The maximum atomic E-state index is 10.6. The number of nitrogens with zero attached hydrogens (tertiary/aromatic N) is 1. The largest absolute Gasteiger partial charge is 0.482 e. The zero-order valence-electron chi connectivity index (χ0n) is 13.0. The van der Waals surface area contributed by atoms with Crippen molar-refractivity contribution in [1.82, 2.24) is 4.98 Å². The molecule has 1 N–H and O–H groups in total. The number of oxazole rings is 1. The second-order valence-electron chi connectivity index (χ2n) is 5.39. The van der Waals surface area contributed by atoms with Gasteiger partial charge in [-0.2, -0.15) is 0 Å². The maximum Gasteiger partial charge on any atom is 0.341 e. The highest BCUT2D eigenvalue weighted by molar-refractivity contribution is 5.81. The topological polar surface area (TPSA) is 85.7 Å². The van der Waals surface area contributed by atoms with E-state index in [1.165, 1.54) is 0 Å². The molecule has 0 aliphatic carbocycles. The quantitative estimate of drug-likeness (QED) is 0.588. The summed E-state index contributed by atoms with van der Waals surface area (Å²) in [4.78, 5) is 15.1. The molecule has 6 nitrogen and oxygen atoms in total. The fourth-order valence-electron chi connectivity index (χ4n) is 2.51. The van der Waals surface area contributed by atoms with Crippen LogP contribution >= 0.6 is 0 Å². The molecule has 0 amide bonds. The van der Waals surface area contributed by atoms with E-state index in [1.54, 1.807) is 24.5 Å². The number of aromatic nitrogens is 1. The highest BCUT2D eigenvalue weighted by atomic mass is 16.5. The lowest BCUT2D eigenvalue weighted by molar-refractivity contribution is -0.139. The van der Waals surface area contributed by atoms with Crippen LogP contribution in [0.4, 0.5) is 0 Å². The van der Waals surface area contributed by atoms with Gasteiger partial charge in [-0.3, -0.25) is 0 Å². The summed E-state index contributed by atoms with van der Waals surface area (Å²) in [5, 5.41) is 8.70. The van der Waals surface area contributed by atoms with Gasteiger partial charge in [0.1, 0.15) is 17.0 Å². The summed E-state index contributed by atoms with van der Waals surface area (Å²) in [6.45, 7) is -0.399. The Balaban J connectivity index is 1.67. The fourth-order valence-corrected chi connectivity index (χ4v) is 2.51. The van der Waals surface area contributed by atoms with Crippen LogP contribution in [0.2, 0.25) is 0 Å². The van der Waals surface area contributed by atoms with Crippen molar-refractivity contribution in [3.05, 3.63) is 60.9 Å². The Bertz CT molecular complexity index is 1030. The maximum absolute atomic E-state index is 10.6. The van der Waals surface area contributed by atoms with Crippen molar-refractivity contribution in [2.75, 3.05) is 6.61 Å². The normalized spacial score (nSPS) is 10.9. The summed E-state index contributed by atoms with van der Waals surface area (Å²) in [5.74, 6) is 0.604. The molecule has 0 radical (unpaired) electrons. The number of hydrogen-bond acceptors (Lipinski definition) is 5. The zero-order valence-corrected chi connectivity index (χ0v) is 13.0. The molecule has 0 fully saturated rings. The molecule has 0 saturated carbocycles. The molecule has 2 heterocycles. The van der Waals surface area contributed by atoms with Crippen molar-refractivity contribution >= 4 is 17.1 Å². The van der Waals surface area contributed by atoms with Gasteiger partial charge in [-0.1, -0.05) is 6.07 Å². The third-order valence-electron chi connectivity index (χ3n) is 3.64. The van der Waals surface area contributed by atoms with E-state index in [0.29, 0.717) is 22.8 Å². The highest BCUT2D eigenvalue weighted by Gasteiger charge is 2.11. The molecule has 6 heteroatoms. The minimum Gasteiger partial charge on any atom is -0.482 e. The van der Waals surface area contributed by atoms with Gasteiger partial charge in [-0.25, -0.2) is 9.78 Å². The number of hydrogen-bond donors (Lipinski definition) is 1. The average Bonchev–Trinajstić information content (AvgIpc) is 3.29. The molecule has 4 aromatic rings. The van der Waals surface area contributed by atoms with Crippen LogP contribution in [0.3, 0.4) is 0 Å². The minimum atomic E-state index is -1.03. The third kappa shape index (κ3) is 3.10. The molecule has 2 aromatic heterocycles. The number of carboxylic acid groups (broad SMARTS) is 1. The van der Waals surface area contributed by atoms with E-state index in [4.69, 9.17) is 18.7 Å². The number of ether oxygens (including phenoxy) is 1.